The third kappa shape index (κ3) is 5.17. The summed E-state index contributed by atoms with van der Waals surface area (Å²) in [6.07, 6.45) is 4.86. The molecule has 0 amide bonds. The van der Waals surface area contributed by atoms with E-state index in [1.807, 2.05) is 25.6 Å². The van der Waals surface area contributed by atoms with Crippen molar-refractivity contribution in [3.8, 4) is 6.07 Å². The number of nitrogens with zero attached hydrogens (tertiary/aromatic N) is 1. The zero-order valence-corrected chi connectivity index (χ0v) is 12.7. The standard InChI is InChI=1S/C14H26N2OS/c1-4-16-14(3,11-15)8-5-6-10-18-13-7-9-17-12(13)2/h12-13,16H,4-10H2,1-3H3. The molecule has 1 aliphatic rings. The molecule has 3 atom stereocenters. The Kier molecular flexibility index (Phi) is 7.06. The highest BCUT2D eigenvalue weighted by Gasteiger charge is 2.24. The molecule has 0 radical (unpaired) electrons. The van der Waals surface area contributed by atoms with Crippen LogP contribution in [0.25, 0.3) is 0 Å². The van der Waals surface area contributed by atoms with Crippen LogP contribution in [0.15, 0.2) is 0 Å². The summed E-state index contributed by atoms with van der Waals surface area (Å²) in [5, 5.41) is 13.1. The topological polar surface area (TPSA) is 45.0 Å². The maximum atomic E-state index is 9.15. The van der Waals surface area contributed by atoms with Crippen LogP contribution in [0.4, 0.5) is 0 Å². The number of nitriles is 1. The average Bonchev–Trinajstić information content (AvgIpc) is 2.75. The molecule has 1 heterocycles. The average molecular weight is 270 g/mol. The summed E-state index contributed by atoms with van der Waals surface area (Å²) in [5.74, 6) is 1.19. The van der Waals surface area contributed by atoms with Crippen molar-refractivity contribution < 1.29 is 4.74 Å². The van der Waals surface area contributed by atoms with Gasteiger partial charge in [0.2, 0.25) is 0 Å². The summed E-state index contributed by atoms with van der Waals surface area (Å²) in [6.45, 7) is 7.99. The second-order valence-electron chi connectivity index (χ2n) is 5.21. The fraction of sp³-hybridized carbons (Fsp3) is 0.929. The largest absolute Gasteiger partial charge is 0.377 e. The maximum absolute atomic E-state index is 9.15. The Morgan fingerprint density at radius 2 is 2.28 bits per heavy atom. The quantitative estimate of drug-likeness (QED) is 0.689. The van der Waals surface area contributed by atoms with Crippen LogP contribution in [0.1, 0.15) is 46.5 Å². The van der Waals surface area contributed by atoms with Gasteiger partial charge in [-0.2, -0.15) is 17.0 Å². The van der Waals surface area contributed by atoms with Crippen LogP contribution in [-0.4, -0.2) is 35.8 Å². The highest BCUT2D eigenvalue weighted by atomic mass is 32.2. The Hall–Kier alpha value is -0.240. The van der Waals surface area contributed by atoms with E-state index < -0.39 is 0 Å². The van der Waals surface area contributed by atoms with Crippen molar-refractivity contribution in [2.75, 3.05) is 18.9 Å². The van der Waals surface area contributed by atoms with Gasteiger partial charge in [-0.05, 0) is 51.8 Å². The van der Waals surface area contributed by atoms with E-state index in [1.165, 1.54) is 18.6 Å². The Bertz CT molecular complexity index is 279. The molecule has 0 bridgehead atoms. The molecule has 3 nitrogen and oxygen atoms in total. The number of rotatable bonds is 8. The maximum Gasteiger partial charge on any atom is 0.103 e. The van der Waals surface area contributed by atoms with E-state index in [1.54, 1.807) is 0 Å². The van der Waals surface area contributed by atoms with E-state index in [9.17, 15) is 0 Å². The number of unbranched alkanes of at least 4 members (excludes halogenated alkanes) is 1. The van der Waals surface area contributed by atoms with Crippen LogP contribution in [-0.2, 0) is 4.74 Å². The third-order valence-electron chi connectivity index (χ3n) is 3.52. The second kappa shape index (κ2) is 8.04. The SMILES string of the molecule is CCNC(C)(C#N)CCCCSC1CCOC1C. The molecule has 0 spiro atoms. The molecule has 1 aliphatic heterocycles. The van der Waals surface area contributed by atoms with Crippen LogP contribution in [0, 0.1) is 11.3 Å². The van der Waals surface area contributed by atoms with Crippen LogP contribution in [0.2, 0.25) is 0 Å². The minimum Gasteiger partial charge on any atom is -0.377 e. The van der Waals surface area contributed by atoms with Gasteiger partial charge in [0.05, 0.1) is 12.2 Å². The lowest BCUT2D eigenvalue weighted by Crippen LogP contribution is -2.40. The van der Waals surface area contributed by atoms with Crippen molar-refractivity contribution in [2.45, 2.75) is 63.3 Å². The summed E-state index contributed by atoms with van der Waals surface area (Å²) in [5.41, 5.74) is -0.344. The number of hydrogen-bond acceptors (Lipinski definition) is 4. The summed E-state index contributed by atoms with van der Waals surface area (Å²) >= 11 is 2.04. The number of hydrogen-bond donors (Lipinski definition) is 1. The number of ether oxygens (including phenoxy) is 1. The minimum atomic E-state index is -0.344. The predicted octanol–water partition coefficient (Wildman–Crippen LogP) is 2.96. The first-order valence-corrected chi connectivity index (χ1v) is 8.05. The lowest BCUT2D eigenvalue weighted by atomic mass is 9.97. The number of nitrogens with one attached hydrogen (secondary N) is 1. The van der Waals surface area contributed by atoms with Gasteiger partial charge in [0.25, 0.3) is 0 Å². The van der Waals surface area contributed by atoms with Gasteiger partial charge in [0.15, 0.2) is 0 Å². The van der Waals surface area contributed by atoms with Gasteiger partial charge >= 0.3 is 0 Å². The van der Waals surface area contributed by atoms with Crippen molar-refractivity contribution in [3.63, 3.8) is 0 Å². The molecule has 104 valence electrons. The fourth-order valence-corrected chi connectivity index (χ4v) is 3.61. The van der Waals surface area contributed by atoms with Crippen molar-refractivity contribution in [1.82, 2.24) is 5.32 Å². The molecule has 0 aromatic carbocycles. The van der Waals surface area contributed by atoms with Gasteiger partial charge in [0.1, 0.15) is 5.54 Å². The van der Waals surface area contributed by atoms with Gasteiger partial charge in [-0.25, -0.2) is 0 Å². The van der Waals surface area contributed by atoms with E-state index in [0.717, 1.165) is 26.0 Å². The zero-order valence-electron chi connectivity index (χ0n) is 11.9. The molecular weight excluding hydrogens is 244 g/mol. The normalized spacial score (nSPS) is 26.8. The lowest BCUT2D eigenvalue weighted by Gasteiger charge is -2.22. The molecule has 0 aliphatic carbocycles. The summed E-state index contributed by atoms with van der Waals surface area (Å²) in [6, 6.07) is 2.38. The Balaban J connectivity index is 2.09. The molecular formula is C14H26N2OS. The molecule has 0 aromatic heterocycles. The first kappa shape index (κ1) is 15.8. The predicted molar refractivity (Wildman–Crippen MR) is 77.8 cm³/mol. The molecule has 0 aromatic rings. The Morgan fingerprint density at radius 3 is 2.83 bits per heavy atom. The molecule has 1 rings (SSSR count). The molecule has 1 N–H and O–H groups in total. The Morgan fingerprint density at radius 1 is 1.50 bits per heavy atom. The van der Waals surface area contributed by atoms with Gasteiger partial charge in [-0.15, -0.1) is 0 Å². The van der Waals surface area contributed by atoms with Crippen molar-refractivity contribution in [1.29, 1.82) is 5.26 Å². The van der Waals surface area contributed by atoms with Crippen LogP contribution < -0.4 is 5.32 Å². The van der Waals surface area contributed by atoms with E-state index in [-0.39, 0.29) is 5.54 Å². The van der Waals surface area contributed by atoms with E-state index in [4.69, 9.17) is 10.00 Å². The van der Waals surface area contributed by atoms with E-state index >= 15 is 0 Å². The molecule has 1 saturated heterocycles. The zero-order chi connectivity index (χ0) is 13.4. The highest BCUT2D eigenvalue weighted by molar-refractivity contribution is 7.99. The smallest absolute Gasteiger partial charge is 0.103 e. The molecule has 18 heavy (non-hydrogen) atoms. The van der Waals surface area contributed by atoms with Crippen molar-refractivity contribution >= 4 is 11.8 Å². The first-order valence-electron chi connectivity index (χ1n) is 7.01. The first-order chi connectivity index (χ1) is 8.61. The van der Waals surface area contributed by atoms with Crippen molar-refractivity contribution in [2.24, 2.45) is 0 Å². The monoisotopic (exact) mass is 270 g/mol. The summed E-state index contributed by atoms with van der Waals surface area (Å²) in [4.78, 5) is 0. The summed E-state index contributed by atoms with van der Waals surface area (Å²) < 4.78 is 5.55. The van der Waals surface area contributed by atoms with Crippen LogP contribution in [0.5, 0.6) is 0 Å². The Labute approximate surface area is 116 Å². The van der Waals surface area contributed by atoms with Gasteiger partial charge in [-0.3, -0.25) is 5.32 Å². The number of thioether (sulfide) groups is 1. The van der Waals surface area contributed by atoms with E-state index in [0.29, 0.717) is 11.4 Å². The van der Waals surface area contributed by atoms with Gasteiger partial charge in [0, 0.05) is 11.9 Å². The second-order valence-corrected chi connectivity index (χ2v) is 6.55. The third-order valence-corrected chi connectivity index (χ3v) is 5.09. The highest BCUT2D eigenvalue weighted by Crippen LogP contribution is 2.27. The molecule has 1 fully saturated rings. The van der Waals surface area contributed by atoms with Gasteiger partial charge < -0.3 is 4.74 Å². The van der Waals surface area contributed by atoms with Gasteiger partial charge in [-0.1, -0.05) is 6.92 Å². The van der Waals surface area contributed by atoms with Crippen LogP contribution in [0.3, 0.4) is 0 Å². The lowest BCUT2D eigenvalue weighted by molar-refractivity contribution is 0.127. The summed E-state index contributed by atoms with van der Waals surface area (Å²) in [7, 11) is 0. The van der Waals surface area contributed by atoms with E-state index in [2.05, 4.69) is 18.3 Å². The van der Waals surface area contributed by atoms with Crippen LogP contribution >= 0.6 is 11.8 Å². The minimum absolute atomic E-state index is 0.344. The molecule has 3 unspecified atom stereocenters. The molecule has 4 heteroatoms. The molecule has 0 saturated carbocycles. The van der Waals surface area contributed by atoms with Crippen molar-refractivity contribution in [3.05, 3.63) is 0 Å². The fourth-order valence-electron chi connectivity index (χ4n) is 2.32.